The van der Waals surface area contributed by atoms with Crippen LogP contribution < -0.4 is 5.73 Å². The second-order valence-corrected chi connectivity index (χ2v) is 6.06. The van der Waals surface area contributed by atoms with E-state index in [1.807, 2.05) is 0 Å². The third kappa shape index (κ3) is 2.65. The molecule has 2 N–H and O–H groups in total. The van der Waals surface area contributed by atoms with Crippen molar-refractivity contribution >= 4 is 5.91 Å². The molecule has 3 heteroatoms. The minimum absolute atomic E-state index is 0.293. The summed E-state index contributed by atoms with van der Waals surface area (Å²) < 4.78 is 0. The van der Waals surface area contributed by atoms with Gasteiger partial charge in [0.15, 0.2) is 0 Å². The van der Waals surface area contributed by atoms with Crippen molar-refractivity contribution in [2.24, 2.45) is 29.4 Å². The fraction of sp³-hybridized carbons (Fsp3) is 0.929. The van der Waals surface area contributed by atoms with Crippen molar-refractivity contribution in [3.8, 4) is 0 Å². The maximum atomic E-state index is 12.5. The minimum atomic E-state index is 0.293. The average Bonchev–Trinajstić information content (AvgIpc) is 2.75. The highest BCUT2D eigenvalue weighted by Crippen LogP contribution is 2.34. The molecular weight excluding hydrogens is 212 g/mol. The summed E-state index contributed by atoms with van der Waals surface area (Å²) in [6, 6.07) is 0. The maximum Gasteiger partial charge on any atom is 0.225 e. The summed E-state index contributed by atoms with van der Waals surface area (Å²) in [5.41, 5.74) is 5.80. The largest absolute Gasteiger partial charge is 0.342 e. The zero-order valence-electron chi connectivity index (χ0n) is 11.2. The molecule has 2 aliphatic rings. The topological polar surface area (TPSA) is 46.3 Å². The fourth-order valence-corrected chi connectivity index (χ4v) is 3.40. The van der Waals surface area contributed by atoms with Crippen LogP contribution >= 0.6 is 0 Å². The molecule has 1 heterocycles. The molecule has 0 spiro atoms. The molecular formula is C14H26N2O. The second-order valence-electron chi connectivity index (χ2n) is 6.06. The summed E-state index contributed by atoms with van der Waals surface area (Å²) in [7, 11) is 0. The molecule has 4 atom stereocenters. The highest BCUT2D eigenvalue weighted by Gasteiger charge is 2.35. The van der Waals surface area contributed by atoms with E-state index in [0.29, 0.717) is 36.1 Å². The molecule has 1 amide bonds. The maximum absolute atomic E-state index is 12.5. The van der Waals surface area contributed by atoms with Gasteiger partial charge in [0.1, 0.15) is 0 Å². The molecule has 2 fully saturated rings. The predicted molar refractivity (Wildman–Crippen MR) is 69.4 cm³/mol. The summed E-state index contributed by atoms with van der Waals surface area (Å²) >= 11 is 0. The normalized spacial score (nSPS) is 38.4. The molecule has 98 valence electrons. The molecule has 17 heavy (non-hydrogen) atoms. The van der Waals surface area contributed by atoms with Crippen molar-refractivity contribution < 1.29 is 4.79 Å². The number of piperidine rings is 1. The van der Waals surface area contributed by atoms with Crippen molar-refractivity contribution in [1.82, 2.24) is 4.90 Å². The number of hydrogen-bond donors (Lipinski definition) is 1. The van der Waals surface area contributed by atoms with Gasteiger partial charge in [0.25, 0.3) is 0 Å². The highest BCUT2D eigenvalue weighted by molar-refractivity contribution is 5.79. The average molecular weight is 238 g/mol. The van der Waals surface area contributed by atoms with E-state index in [9.17, 15) is 4.79 Å². The lowest BCUT2D eigenvalue weighted by atomic mass is 9.86. The lowest BCUT2D eigenvalue weighted by molar-refractivity contribution is -0.139. The Hall–Kier alpha value is -0.570. The van der Waals surface area contributed by atoms with E-state index >= 15 is 0 Å². The van der Waals surface area contributed by atoms with Gasteiger partial charge in [0.05, 0.1) is 0 Å². The van der Waals surface area contributed by atoms with Crippen LogP contribution in [0.3, 0.4) is 0 Å². The zero-order chi connectivity index (χ0) is 12.4. The summed E-state index contributed by atoms with van der Waals surface area (Å²) in [5, 5.41) is 0. The Labute approximate surface area is 105 Å². The van der Waals surface area contributed by atoms with Crippen LogP contribution in [0.15, 0.2) is 0 Å². The molecule has 4 unspecified atom stereocenters. The molecule has 0 aromatic carbocycles. The van der Waals surface area contributed by atoms with Crippen molar-refractivity contribution in [3.05, 3.63) is 0 Å². The smallest absolute Gasteiger partial charge is 0.225 e. The van der Waals surface area contributed by atoms with E-state index in [1.54, 1.807) is 0 Å². The van der Waals surface area contributed by atoms with E-state index in [-0.39, 0.29) is 0 Å². The van der Waals surface area contributed by atoms with Crippen LogP contribution in [-0.2, 0) is 4.79 Å². The summed E-state index contributed by atoms with van der Waals surface area (Å²) in [5.74, 6) is 2.45. The molecule has 0 aromatic rings. The third-order valence-corrected chi connectivity index (χ3v) is 4.91. The first-order valence-corrected chi connectivity index (χ1v) is 7.12. The van der Waals surface area contributed by atoms with Crippen LogP contribution in [0.1, 0.15) is 39.5 Å². The Balaban J connectivity index is 1.95. The molecule has 1 aliphatic heterocycles. The van der Waals surface area contributed by atoms with Gasteiger partial charge in [0, 0.05) is 19.0 Å². The number of carbonyl (C=O) groups is 1. The van der Waals surface area contributed by atoms with Gasteiger partial charge in [-0.1, -0.05) is 20.3 Å². The van der Waals surface area contributed by atoms with Gasteiger partial charge >= 0.3 is 0 Å². The Kier molecular flexibility index (Phi) is 4.08. The van der Waals surface area contributed by atoms with Gasteiger partial charge in [-0.3, -0.25) is 4.79 Å². The van der Waals surface area contributed by atoms with Crippen LogP contribution in [0.2, 0.25) is 0 Å². The Morgan fingerprint density at radius 1 is 1.24 bits per heavy atom. The molecule has 0 radical (unpaired) electrons. The van der Waals surface area contributed by atoms with Gasteiger partial charge in [-0.05, 0) is 43.6 Å². The first-order chi connectivity index (χ1) is 8.13. The SMILES string of the molecule is CC1CCN(C(=O)C2CCCC2C)CC1CN. The first kappa shape index (κ1) is 12.9. The zero-order valence-corrected chi connectivity index (χ0v) is 11.2. The van der Waals surface area contributed by atoms with Crippen molar-refractivity contribution in [1.29, 1.82) is 0 Å². The first-order valence-electron chi connectivity index (χ1n) is 7.12. The number of likely N-dealkylation sites (tertiary alicyclic amines) is 1. The van der Waals surface area contributed by atoms with Gasteiger partial charge in [0.2, 0.25) is 5.91 Å². The van der Waals surface area contributed by atoms with Crippen LogP contribution in [0.4, 0.5) is 0 Å². The molecule has 0 bridgehead atoms. The molecule has 1 aliphatic carbocycles. The Bertz CT molecular complexity index is 279. The Morgan fingerprint density at radius 3 is 2.59 bits per heavy atom. The van der Waals surface area contributed by atoms with Crippen LogP contribution in [0, 0.1) is 23.7 Å². The predicted octanol–water partition coefficient (Wildman–Crippen LogP) is 1.87. The third-order valence-electron chi connectivity index (χ3n) is 4.91. The monoisotopic (exact) mass is 238 g/mol. The van der Waals surface area contributed by atoms with E-state index in [2.05, 4.69) is 18.7 Å². The van der Waals surface area contributed by atoms with E-state index in [0.717, 1.165) is 25.9 Å². The van der Waals surface area contributed by atoms with E-state index in [4.69, 9.17) is 5.73 Å². The molecule has 1 saturated heterocycles. The highest BCUT2D eigenvalue weighted by atomic mass is 16.2. The minimum Gasteiger partial charge on any atom is -0.342 e. The Morgan fingerprint density at radius 2 is 2.00 bits per heavy atom. The van der Waals surface area contributed by atoms with Crippen LogP contribution in [0.5, 0.6) is 0 Å². The lowest BCUT2D eigenvalue weighted by Gasteiger charge is -2.38. The number of rotatable bonds is 2. The second kappa shape index (κ2) is 5.38. The molecule has 2 rings (SSSR count). The molecule has 3 nitrogen and oxygen atoms in total. The fourth-order valence-electron chi connectivity index (χ4n) is 3.40. The van der Waals surface area contributed by atoms with Gasteiger partial charge < -0.3 is 10.6 Å². The van der Waals surface area contributed by atoms with Crippen LogP contribution in [-0.4, -0.2) is 30.4 Å². The number of hydrogen-bond acceptors (Lipinski definition) is 2. The van der Waals surface area contributed by atoms with E-state index < -0.39 is 0 Å². The van der Waals surface area contributed by atoms with Gasteiger partial charge in [-0.15, -0.1) is 0 Å². The molecule has 0 aromatic heterocycles. The van der Waals surface area contributed by atoms with E-state index in [1.165, 1.54) is 12.8 Å². The number of carbonyl (C=O) groups excluding carboxylic acids is 1. The van der Waals surface area contributed by atoms with Crippen LogP contribution in [0.25, 0.3) is 0 Å². The van der Waals surface area contributed by atoms with Crippen molar-refractivity contribution in [2.45, 2.75) is 39.5 Å². The number of nitrogens with zero attached hydrogens (tertiary/aromatic N) is 1. The van der Waals surface area contributed by atoms with Gasteiger partial charge in [-0.2, -0.15) is 0 Å². The summed E-state index contributed by atoms with van der Waals surface area (Å²) in [4.78, 5) is 14.6. The van der Waals surface area contributed by atoms with Crippen molar-refractivity contribution in [3.63, 3.8) is 0 Å². The number of amides is 1. The standard InChI is InChI=1S/C14H26N2O/c1-10-6-7-16(9-12(10)8-15)14(17)13-5-3-4-11(13)2/h10-13H,3-9,15H2,1-2H3. The van der Waals surface area contributed by atoms with Crippen molar-refractivity contribution in [2.75, 3.05) is 19.6 Å². The summed E-state index contributed by atoms with van der Waals surface area (Å²) in [6.45, 7) is 7.03. The quantitative estimate of drug-likeness (QED) is 0.798. The van der Waals surface area contributed by atoms with Gasteiger partial charge in [-0.25, -0.2) is 0 Å². The summed E-state index contributed by atoms with van der Waals surface area (Å²) in [6.07, 6.45) is 4.66. The lowest BCUT2D eigenvalue weighted by Crippen LogP contribution is -2.47. The molecule has 1 saturated carbocycles. The number of nitrogens with two attached hydrogens (primary N) is 1.